The average molecular weight is 248 g/mol. The van der Waals surface area contributed by atoms with Crippen LogP contribution in [0.25, 0.3) is 10.2 Å². The Bertz CT molecular complexity index is 549. The molecule has 3 rings (SSSR count). The standard InChI is InChI=1S/C11H12N4OS/c16-9(15-7-1-2-7)5-12-11-10-8(3-4-17-10)13-6-14-11/h3-4,6-7H,1-2,5H2,(H,15,16)(H,12,13,14). The number of fused-ring (bicyclic) bond motifs is 1. The van der Waals surface area contributed by atoms with Crippen LogP contribution in [0.15, 0.2) is 17.8 Å². The zero-order valence-corrected chi connectivity index (χ0v) is 9.96. The van der Waals surface area contributed by atoms with Crippen molar-refractivity contribution >= 4 is 33.3 Å². The van der Waals surface area contributed by atoms with Gasteiger partial charge in [-0.25, -0.2) is 9.97 Å². The zero-order valence-electron chi connectivity index (χ0n) is 9.14. The normalized spacial score (nSPS) is 14.8. The van der Waals surface area contributed by atoms with E-state index in [1.54, 1.807) is 11.3 Å². The maximum Gasteiger partial charge on any atom is 0.239 e. The van der Waals surface area contributed by atoms with Gasteiger partial charge in [0.05, 0.1) is 16.8 Å². The summed E-state index contributed by atoms with van der Waals surface area (Å²) in [4.78, 5) is 19.8. The molecule has 0 bridgehead atoms. The largest absolute Gasteiger partial charge is 0.360 e. The minimum Gasteiger partial charge on any atom is -0.360 e. The Balaban J connectivity index is 1.67. The van der Waals surface area contributed by atoms with Crippen LogP contribution in [0.4, 0.5) is 5.82 Å². The Morgan fingerprint density at radius 3 is 3.18 bits per heavy atom. The third-order valence-electron chi connectivity index (χ3n) is 2.60. The van der Waals surface area contributed by atoms with Gasteiger partial charge in [-0.15, -0.1) is 11.3 Å². The predicted molar refractivity (Wildman–Crippen MR) is 67.1 cm³/mol. The van der Waals surface area contributed by atoms with E-state index in [2.05, 4.69) is 20.6 Å². The van der Waals surface area contributed by atoms with Crippen LogP contribution in [0.1, 0.15) is 12.8 Å². The van der Waals surface area contributed by atoms with Crippen LogP contribution in [-0.4, -0.2) is 28.5 Å². The summed E-state index contributed by atoms with van der Waals surface area (Å²) in [6, 6.07) is 2.34. The van der Waals surface area contributed by atoms with Crippen molar-refractivity contribution in [2.45, 2.75) is 18.9 Å². The van der Waals surface area contributed by atoms with Crippen LogP contribution in [0, 0.1) is 0 Å². The van der Waals surface area contributed by atoms with E-state index in [1.807, 2.05) is 11.4 Å². The lowest BCUT2D eigenvalue weighted by atomic mass is 10.4. The van der Waals surface area contributed by atoms with Crippen molar-refractivity contribution in [3.05, 3.63) is 17.8 Å². The predicted octanol–water partition coefficient (Wildman–Crippen LogP) is 1.38. The van der Waals surface area contributed by atoms with Gasteiger partial charge in [-0.1, -0.05) is 0 Å². The molecule has 5 nitrogen and oxygen atoms in total. The van der Waals surface area contributed by atoms with Crippen LogP contribution >= 0.6 is 11.3 Å². The van der Waals surface area contributed by atoms with Crippen LogP contribution < -0.4 is 10.6 Å². The quantitative estimate of drug-likeness (QED) is 0.858. The van der Waals surface area contributed by atoms with E-state index in [4.69, 9.17) is 0 Å². The highest BCUT2D eigenvalue weighted by Gasteiger charge is 2.22. The fourth-order valence-electron chi connectivity index (χ4n) is 1.59. The number of carbonyl (C=O) groups is 1. The first kappa shape index (κ1) is 10.5. The number of aromatic nitrogens is 2. The molecule has 6 heteroatoms. The van der Waals surface area contributed by atoms with Gasteiger partial charge >= 0.3 is 0 Å². The minimum atomic E-state index is 0.0239. The molecule has 0 aliphatic heterocycles. The SMILES string of the molecule is O=C(CNc1ncnc2ccsc12)NC1CC1. The van der Waals surface area contributed by atoms with Crippen molar-refractivity contribution in [3.63, 3.8) is 0 Å². The summed E-state index contributed by atoms with van der Waals surface area (Å²) in [6.07, 6.45) is 3.72. The highest BCUT2D eigenvalue weighted by Crippen LogP contribution is 2.24. The summed E-state index contributed by atoms with van der Waals surface area (Å²) in [6.45, 7) is 0.264. The Hall–Kier alpha value is -1.69. The highest BCUT2D eigenvalue weighted by molar-refractivity contribution is 7.17. The highest BCUT2D eigenvalue weighted by atomic mass is 32.1. The molecule has 0 aromatic carbocycles. The molecule has 1 saturated carbocycles. The lowest BCUT2D eigenvalue weighted by Crippen LogP contribution is -2.31. The number of nitrogens with one attached hydrogen (secondary N) is 2. The van der Waals surface area contributed by atoms with Gasteiger partial charge in [0.25, 0.3) is 0 Å². The molecule has 2 heterocycles. The molecule has 0 spiro atoms. The lowest BCUT2D eigenvalue weighted by molar-refractivity contribution is -0.119. The van der Waals surface area contributed by atoms with Crippen LogP contribution in [0.3, 0.4) is 0 Å². The second kappa shape index (κ2) is 4.29. The van der Waals surface area contributed by atoms with Gasteiger partial charge in [0.1, 0.15) is 12.1 Å². The molecule has 0 saturated heterocycles. The number of thiophene rings is 1. The Morgan fingerprint density at radius 1 is 1.47 bits per heavy atom. The first-order valence-electron chi connectivity index (χ1n) is 5.54. The van der Waals surface area contributed by atoms with Crippen LogP contribution in [0.5, 0.6) is 0 Å². The summed E-state index contributed by atoms with van der Waals surface area (Å²) in [7, 11) is 0. The monoisotopic (exact) mass is 248 g/mol. The molecule has 2 N–H and O–H groups in total. The zero-order chi connectivity index (χ0) is 11.7. The third-order valence-corrected chi connectivity index (χ3v) is 3.51. The van der Waals surface area contributed by atoms with Crippen molar-refractivity contribution in [1.29, 1.82) is 0 Å². The smallest absolute Gasteiger partial charge is 0.239 e. The van der Waals surface area contributed by atoms with Crippen molar-refractivity contribution < 1.29 is 4.79 Å². The molecule has 2 aromatic heterocycles. The van der Waals surface area contributed by atoms with Crippen LogP contribution in [-0.2, 0) is 4.79 Å². The number of hydrogen-bond donors (Lipinski definition) is 2. The molecule has 1 aliphatic rings. The van der Waals surface area contributed by atoms with E-state index in [1.165, 1.54) is 6.33 Å². The minimum absolute atomic E-state index is 0.0239. The maximum absolute atomic E-state index is 11.5. The first-order chi connectivity index (χ1) is 8.33. The van der Waals surface area contributed by atoms with Crippen molar-refractivity contribution in [2.24, 2.45) is 0 Å². The van der Waals surface area contributed by atoms with Crippen molar-refractivity contribution in [2.75, 3.05) is 11.9 Å². The van der Waals surface area contributed by atoms with Crippen molar-refractivity contribution in [3.8, 4) is 0 Å². The molecule has 1 fully saturated rings. The molecular weight excluding hydrogens is 236 g/mol. The average Bonchev–Trinajstić information content (AvgIpc) is 3.00. The topological polar surface area (TPSA) is 66.9 Å². The van der Waals surface area contributed by atoms with Gasteiger partial charge < -0.3 is 10.6 Å². The summed E-state index contributed by atoms with van der Waals surface area (Å²) in [5, 5.41) is 7.95. The number of nitrogens with zero attached hydrogens (tertiary/aromatic N) is 2. The van der Waals surface area contributed by atoms with E-state index in [0.29, 0.717) is 6.04 Å². The molecule has 2 aromatic rings. The number of anilines is 1. The molecule has 1 aliphatic carbocycles. The number of carbonyl (C=O) groups excluding carboxylic acids is 1. The molecule has 0 unspecified atom stereocenters. The van der Waals surface area contributed by atoms with Gasteiger partial charge in [-0.05, 0) is 24.3 Å². The van der Waals surface area contributed by atoms with Gasteiger partial charge in [0, 0.05) is 6.04 Å². The fraction of sp³-hybridized carbons (Fsp3) is 0.364. The van der Waals surface area contributed by atoms with E-state index in [0.717, 1.165) is 28.9 Å². The molecule has 88 valence electrons. The van der Waals surface area contributed by atoms with Gasteiger partial charge in [-0.2, -0.15) is 0 Å². The number of hydrogen-bond acceptors (Lipinski definition) is 5. The lowest BCUT2D eigenvalue weighted by Gasteiger charge is -2.06. The van der Waals surface area contributed by atoms with Crippen molar-refractivity contribution in [1.82, 2.24) is 15.3 Å². The first-order valence-corrected chi connectivity index (χ1v) is 6.42. The summed E-state index contributed by atoms with van der Waals surface area (Å²) < 4.78 is 0.992. The maximum atomic E-state index is 11.5. The van der Waals surface area contributed by atoms with E-state index < -0.39 is 0 Å². The summed E-state index contributed by atoms with van der Waals surface area (Å²) >= 11 is 1.57. The third kappa shape index (κ3) is 2.36. The second-order valence-corrected chi connectivity index (χ2v) is 4.97. The summed E-state index contributed by atoms with van der Waals surface area (Å²) in [5.41, 5.74) is 0.912. The molecule has 0 atom stereocenters. The molecular formula is C11H12N4OS. The molecule has 0 radical (unpaired) electrons. The van der Waals surface area contributed by atoms with Gasteiger partial charge in [-0.3, -0.25) is 4.79 Å². The van der Waals surface area contributed by atoms with Gasteiger partial charge in [0.2, 0.25) is 5.91 Å². The van der Waals surface area contributed by atoms with E-state index in [-0.39, 0.29) is 12.5 Å². The fourth-order valence-corrected chi connectivity index (χ4v) is 2.40. The van der Waals surface area contributed by atoms with Crippen LogP contribution in [0.2, 0.25) is 0 Å². The number of amides is 1. The molecule has 1 amide bonds. The second-order valence-electron chi connectivity index (χ2n) is 4.05. The van der Waals surface area contributed by atoms with E-state index in [9.17, 15) is 4.79 Å². The number of rotatable bonds is 4. The Labute approximate surface area is 102 Å². The Morgan fingerprint density at radius 2 is 2.35 bits per heavy atom. The van der Waals surface area contributed by atoms with Gasteiger partial charge in [0.15, 0.2) is 0 Å². The Kier molecular flexibility index (Phi) is 2.64. The van der Waals surface area contributed by atoms with E-state index >= 15 is 0 Å². The molecule has 17 heavy (non-hydrogen) atoms. The summed E-state index contributed by atoms with van der Waals surface area (Å²) in [5.74, 6) is 0.756.